The van der Waals surface area contributed by atoms with E-state index in [1.807, 2.05) is 6.07 Å². The molecule has 2 N–H and O–H groups in total. The molecule has 3 amide bonds. The van der Waals surface area contributed by atoms with Gasteiger partial charge in [0, 0.05) is 38.6 Å². The molecule has 3 aliphatic heterocycles. The van der Waals surface area contributed by atoms with E-state index >= 15 is 0 Å². The van der Waals surface area contributed by atoms with Gasteiger partial charge in [-0.1, -0.05) is 6.07 Å². The van der Waals surface area contributed by atoms with Crippen LogP contribution in [0.1, 0.15) is 53.1 Å². The van der Waals surface area contributed by atoms with Gasteiger partial charge in [-0.2, -0.15) is 0 Å². The van der Waals surface area contributed by atoms with Gasteiger partial charge in [0.1, 0.15) is 23.2 Å². The van der Waals surface area contributed by atoms with E-state index in [1.165, 1.54) is 12.1 Å². The number of carbonyl (C=O) groups is 2. The Morgan fingerprint density at radius 3 is 2.76 bits per heavy atom. The number of pyridine rings is 1. The highest BCUT2D eigenvalue weighted by atomic mass is 19.1. The highest BCUT2D eigenvalue weighted by Gasteiger charge is 2.31. The van der Waals surface area contributed by atoms with Crippen LogP contribution in [0, 0.1) is 5.82 Å². The van der Waals surface area contributed by atoms with E-state index in [0.717, 1.165) is 29.8 Å². The summed E-state index contributed by atoms with van der Waals surface area (Å²) < 4.78 is 17.0. The monoisotopic (exact) mass is 505 g/mol. The number of fused-ring (bicyclic) bond motifs is 2. The summed E-state index contributed by atoms with van der Waals surface area (Å²) in [5, 5.41) is 21.0. The van der Waals surface area contributed by atoms with Crippen molar-refractivity contribution in [3.8, 4) is 11.5 Å². The number of likely N-dealkylation sites (tertiary alicyclic amines) is 1. The first kappa shape index (κ1) is 23.5. The molecule has 3 aromatic rings. The molecule has 0 saturated carbocycles. The van der Waals surface area contributed by atoms with Crippen molar-refractivity contribution in [2.45, 2.75) is 51.3 Å². The summed E-state index contributed by atoms with van der Waals surface area (Å²) in [6, 6.07) is 8.25. The second-order valence-corrected chi connectivity index (χ2v) is 10.0. The molecule has 11 heteroatoms. The number of carbonyl (C=O) groups excluding carboxylic acids is 2. The molecule has 1 aromatic carbocycles. The number of β-amino-alcohol motifs (C(OH)–C–C–N with tert-alkyl or cyclic N) is 1. The van der Waals surface area contributed by atoms with Crippen molar-refractivity contribution < 1.29 is 19.1 Å². The minimum absolute atomic E-state index is 0.103. The molecule has 2 atom stereocenters. The number of halogens is 1. The van der Waals surface area contributed by atoms with Crippen LogP contribution in [-0.4, -0.2) is 72.3 Å². The Morgan fingerprint density at radius 1 is 1.08 bits per heavy atom. The molecule has 0 bridgehead atoms. The van der Waals surface area contributed by atoms with Gasteiger partial charge in [0.2, 0.25) is 0 Å². The van der Waals surface area contributed by atoms with Gasteiger partial charge >= 0.3 is 6.03 Å². The third kappa shape index (κ3) is 4.33. The molecule has 0 aliphatic carbocycles. The zero-order valence-electron chi connectivity index (χ0n) is 20.5. The first-order valence-corrected chi connectivity index (χ1v) is 12.6. The number of urea groups is 1. The van der Waals surface area contributed by atoms with Crippen molar-refractivity contribution in [1.29, 1.82) is 0 Å². The Kier molecular flexibility index (Phi) is 5.86. The Labute approximate surface area is 213 Å². The first-order valence-electron chi connectivity index (χ1n) is 12.6. The van der Waals surface area contributed by atoms with Crippen LogP contribution in [0.2, 0.25) is 0 Å². The van der Waals surface area contributed by atoms with Crippen LogP contribution in [0.3, 0.4) is 0 Å². The van der Waals surface area contributed by atoms with E-state index in [2.05, 4.69) is 32.0 Å². The number of anilines is 1. The SMILES string of the molecule is C[C@@H]1CCc2nnc(-c3cccc(NC(=O)c4cc5c(cc4F)CCN(C(=O)N4CC[C@@H](O)C4)C5)n3)n21. The van der Waals surface area contributed by atoms with Gasteiger partial charge in [0.05, 0.1) is 11.7 Å². The Bertz CT molecular complexity index is 1390. The summed E-state index contributed by atoms with van der Waals surface area (Å²) in [4.78, 5) is 33.8. The van der Waals surface area contributed by atoms with Crippen LogP contribution in [0.25, 0.3) is 11.5 Å². The number of aliphatic hydroxyl groups is 1. The number of rotatable bonds is 3. The molecule has 1 fully saturated rings. The number of aliphatic hydroxyl groups excluding tert-OH is 1. The lowest BCUT2D eigenvalue weighted by Gasteiger charge is -2.32. The average Bonchev–Trinajstić information content (AvgIpc) is 3.61. The fourth-order valence-corrected chi connectivity index (χ4v) is 5.44. The maximum absolute atomic E-state index is 15.0. The van der Waals surface area contributed by atoms with Crippen molar-refractivity contribution in [3.63, 3.8) is 0 Å². The average molecular weight is 506 g/mol. The molecule has 37 heavy (non-hydrogen) atoms. The Balaban J connectivity index is 1.20. The quantitative estimate of drug-likeness (QED) is 0.566. The van der Waals surface area contributed by atoms with Crippen LogP contribution in [-0.2, 0) is 19.4 Å². The molecule has 0 unspecified atom stereocenters. The van der Waals surface area contributed by atoms with Crippen molar-refractivity contribution >= 4 is 17.8 Å². The first-order chi connectivity index (χ1) is 17.9. The van der Waals surface area contributed by atoms with Gasteiger partial charge in [-0.25, -0.2) is 14.2 Å². The van der Waals surface area contributed by atoms with Crippen molar-refractivity contribution in [3.05, 3.63) is 58.7 Å². The van der Waals surface area contributed by atoms with E-state index in [0.29, 0.717) is 44.0 Å². The molecule has 5 heterocycles. The van der Waals surface area contributed by atoms with Gasteiger partial charge in [-0.05, 0) is 61.6 Å². The molecule has 0 spiro atoms. The highest BCUT2D eigenvalue weighted by Crippen LogP contribution is 2.30. The van der Waals surface area contributed by atoms with Gasteiger partial charge in [-0.15, -0.1) is 10.2 Å². The summed E-state index contributed by atoms with van der Waals surface area (Å²) in [6.07, 6.45) is 2.44. The molecule has 1 saturated heterocycles. The summed E-state index contributed by atoms with van der Waals surface area (Å²) in [7, 11) is 0. The predicted molar refractivity (Wildman–Crippen MR) is 132 cm³/mol. The number of hydrogen-bond acceptors (Lipinski definition) is 6. The molecular formula is C26H28FN7O3. The lowest BCUT2D eigenvalue weighted by atomic mass is 9.96. The molecular weight excluding hydrogens is 477 g/mol. The lowest BCUT2D eigenvalue weighted by Crippen LogP contribution is -2.44. The highest BCUT2D eigenvalue weighted by molar-refractivity contribution is 6.04. The summed E-state index contributed by atoms with van der Waals surface area (Å²) in [5.74, 6) is 0.622. The summed E-state index contributed by atoms with van der Waals surface area (Å²) in [5.41, 5.74) is 2.00. The summed E-state index contributed by atoms with van der Waals surface area (Å²) >= 11 is 0. The van der Waals surface area contributed by atoms with Crippen LogP contribution in [0.5, 0.6) is 0 Å². The van der Waals surface area contributed by atoms with Gasteiger partial charge in [0.25, 0.3) is 5.91 Å². The molecule has 0 radical (unpaired) electrons. The zero-order valence-corrected chi connectivity index (χ0v) is 20.5. The van der Waals surface area contributed by atoms with E-state index in [4.69, 9.17) is 0 Å². The van der Waals surface area contributed by atoms with Gasteiger partial charge in [-0.3, -0.25) is 4.79 Å². The smallest absolute Gasteiger partial charge is 0.320 e. The largest absolute Gasteiger partial charge is 0.391 e. The maximum atomic E-state index is 15.0. The van der Waals surface area contributed by atoms with Crippen LogP contribution in [0.15, 0.2) is 30.3 Å². The standard InChI is InChI=1S/C26H28FN7O3/c1-15-5-6-23-30-31-24(34(15)23)21-3-2-4-22(28-21)29-25(36)19-11-17-13-32(9-7-16(17)12-20(19)27)26(37)33-10-8-18(35)14-33/h2-4,11-12,15,18,35H,5-10,13-14H2,1H3,(H,28,29,36)/t15-,18-/m1/s1. The number of aryl methyl sites for hydroxylation is 1. The van der Waals surface area contributed by atoms with Gasteiger partial charge in [0.15, 0.2) is 5.82 Å². The van der Waals surface area contributed by atoms with Crippen LogP contribution in [0.4, 0.5) is 15.0 Å². The maximum Gasteiger partial charge on any atom is 0.320 e. The van der Waals surface area contributed by atoms with E-state index in [9.17, 15) is 19.1 Å². The Morgan fingerprint density at radius 2 is 1.95 bits per heavy atom. The number of hydrogen-bond donors (Lipinski definition) is 2. The van der Waals surface area contributed by atoms with Crippen LogP contribution < -0.4 is 5.32 Å². The minimum Gasteiger partial charge on any atom is -0.391 e. The van der Waals surface area contributed by atoms with Crippen molar-refractivity contribution in [2.75, 3.05) is 25.0 Å². The van der Waals surface area contributed by atoms with E-state index in [-0.39, 0.29) is 30.0 Å². The fraction of sp³-hybridized carbons (Fsp3) is 0.423. The third-order valence-corrected chi connectivity index (χ3v) is 7.46. The molecule has 192 valence electrons. The normalized spacial score (nSPS) is 20.6. The lowest BCUT2D eigenvalue weighted by molar-refractivity contribution is 0.102. The van der Waals surface area contributed by atoms with E-state index < -0.39 is 17.8 Å². The number of nitrogens with zero attached hydrogens (tertiary/aromatic N) is 6. The predicted octanol–water partition coefficient (Wildman–Crippen LogP) is 2.78. The second kappa shape index (κ2) is 9.22. The van der Waals surface area contributed by atoms with E-state index in [1.54, 1.807) is 21.9 Å². The minimum atomic E-state index is -0.615. The van der Waals surface area contributed by atoms with Gasteiger partial charge < -0.3 is 24.8 Å². The number of nitrogens with one attached hydrogen (secondary N) is 1. The summed E-state index contributed by atoms with van der Waals surface area (Å²) in [6.45, 7) is 3.69. The van der Waals surface area contributed by atoms with Crippen LogP contribution >= 0.6 is 0 Å². The zero-order chi connectivity index (χ0) is 25.7. The molecule has 2 aromatic heterocycles. The van der Waals surface area contributed by atoms with Crippen molar-refractivity contribution in [1.82, 2.24) is 29.5 Å². The number of aromatic nitrogens is 4. The second-order valence-electron chi connectivity index (χ2n) is 10.0. The molecule has 3 aliphatic rings. The number of amides is 3. The Hall–Kier alpha value is -3.86. The molecule has 6 rings (SSSR count). The third-order valence-electron chi connectivity index (χ3n) is 7.46. The fourth-order valence-electron chi connectivity index (χ4n) is 5.44. The molecule has 10 nitrogen and oxygen atoms in total. The number of benzene rings is 1. The van der Waals surface area contributed by atoms with Crippen molar-refractivity contribution in [2.24, 2.45) is 0 Å². The topological polar surface area (TPSA) is 116 Å².